The molecule has 0 spiro atoms. The molecule has 1 aromatic carbocycles. The number of H-pyrrole nitrogens is 1. The zero-order valence-corrected chi connectivity index (χ0v) is 9.54. The number of benzene rings is 1. The fourth-order valence-corrected chi connectivity index (χ4v) is 2.31. The minimum absolute atomic E-state index is 0.796. The lowest BCUT2D eigenvalue weighted by Crippen LogP contribution is -2.20. The highest BCUT2D eigenvalue weighted by Gasteiger charge is 2.19. The molecule has 1 N–H and O–H groups in total. The number of fused-ring (bicyclic) bond motifs is 1. The van der Waals surface area contributed by atoms with Crippen LogP contribution in [-0.2, 0) is 13.0 Å². The third kappa shape index (κ3) is 1.67. The maximum absolute atomic E-state index is 6.02. The van der Waals surface area contributed by atoms with Crippen LogP contribution >= 0.6 is 11.6 Å². The highest BCUT2D eigenvalue weighted by Crippen LogP contribution is 2.31. The average Bonchev–Trinajstić information content (AvgIpc) is 2.90. The molecule has 0 amide bonds. The third-order valence-electron chi connectivity index (χ3n) is 2.93. The third-order valence-corrected chi connectivity index (χ3v) is 3.17. The van der Waals surface area contributed by atoms with Crippen molar-refractivity contribution >= 4 is 17.3 Å². The van der Waals surface area contributed by atoms with Crippen LogP contribution in [0.1, 0.15) is 11.4 Å². The van der Waals surface area contributed by atoms with E-state index >= 15 is 0 Å². The average molecular weight is 234 g/mol. The van der Waals surface area contributed by atoms with Crippen molar-refractivity contribution < 1.29 is 0 Å². The number of hydrogen-bond donors (Lipinski definition) is 1. The molecule has 1 aromatic heterocycles. The number of aromatic nitrogens is 2. The molecule has 2 aromatic rings. The summed E-state index contributed by atoms with van der Waals surface area (Å²) in [4.78, 5) is 9.67. The van der Waals surface area contributed by atoms with Gasteiger partial charge in [-0.2, -0.15) is 0 Å². The SMILES string of the molecule is Clc1ccc2c(c1)N(Cc1ncc[nH]1)CC2. The van der Waals surface area contributed by atoms with E-state index in [1.165, 1.54) is 11.3 Å². The van der Waals surface area contributed by atoms with Gasteiger partial charge in [-0.05, 0) is 24.1 Å². The van der Waals surface area contributed by atoms with Crippen molar-refractivity contribution in [2.75, 3.05) is 11.4 Å². The van der Waals surface area contributed by atoms with Crippen LogP contribution in [0.25, 0.3) is 0 Å². The van der Waals surface area contributed by atoms with E-state index in [-0.39, 0.29) is 0 Å². The van der Waals surface area contributed by atoms with E-state index in [0.717, 1.165) is 30.4 Å². The van der Waals surface area contributed by atoms with E-state index in [1.807, 2.05) is 18.3 Å². The lowest BCUT2D eigenvalue weighted by Gasteiger charge is -2.17. The van der Waals surface area contributed by atoms with Crippen LogP contribution in [0.5, 0.6) is 0 Å². The van der Waals surface area contributed by atoms with E-state index in [2.05, 4.69) is 20.9 Å². The molecule has 1 aliphatic rings. The van der Waals surface area contributed by atoms with Gasteiger partial charge in [0.1, 0.15) is 5.82 Å². The van der Waals surface area contributed by atoms with Crippen LogP contribution in [0.15, 0.2) is 30.6 Å². The smallest absolute Gasteiger partial charge is 0.125 e. The number of nitrogens with zero attached hydrogens (tertiary/aromatic N) is 2. The summed E-state index contributed by atoms with van der Waals surface area (Å²) in [6.45, 7) is 1.86. The van der Waals surface area contributed by atoms with E-state index in [9.17, 15) is 0 Å². The zero-order chi connectivity index (χ0) is 11.0. The Kier molecular flexibility index (Phi) is 2.33. The number of nitrogens with one attached hydrogen (secondary N) is 1. The van der Waals surface area contributed by atoms with Gasteiger partial charge in [0.15, 0.2) is 0 Å². The summed E-state index contributed by atoms with van der Waals surface area (Å²) >= 11 is 6.02. The summed E-state index contributed by atoms with van der Waals surface area (Å²) in [5.74, 6) is 0.993. The van der Waals surface area contributed by atoms with Crippen LogP contribution in [0.4, 0.5) is 5.69 Å². The van der Waals surface area contributed by atoms with Crippen molar-refractivity contribution in [3.63, 3.8) is 0 Å². The monoisotopic (exact) mass is 233 g/mol. The Balaban J connectivity index is 1.88. The fraction of sp³-hybridized carbons (Fsp3) is 0.250. The second-order valence-electron chi connectivity index (χ2n) is 3.98. The van der Waals surface area contributed by atoms with Gasteiger partial charge in [0.25, 0.3) is 0 Å². The Hall–Kier alpha value is -1.48. The first kappa shape index (κ1) is 9.73. The molecule has 0 bridgehead atoms. The molecular formula is C12H12ClN3. The Bertz CT molecular complexity index is 493. The van der Waals surface area contributed by atoms with Crippen molar-refractivity contribution in [2.24, 2.45) is 0 Å². The Morgan fingerprint density at radius 2 is 2.38 bits per heavy atom. The zero-order valence-electron chi connectivity index (χ0n) is 8.78. The van der Waals surface area contributed by atoms with Crippen LogP contribution in [0.2, 0.25) is 5.02 Å². The minimum Gasteiger partial charge on any atom is -0.363 e. The van der Waals surface area contributed by atoms with Crippen molar-refractivity contribution in [1.82, 2.24) is 9.97 Å². The fourth-order valence-electron chi connectivity index (χ4n) is 2.15. The normalized spacial score (nSPS) is 14.2. The van der Waals surface area contributed by atoms with Gasteiger partial charge in [-0.15, -0.1) is 0 Å². The van der Waals surface area contributed by atoms with Gasteiger partial charge in [-0.1, -0.05) is 17.7 Å². The van der Waals surface area contributed by atoms with Crippen molar-refractivity contribution in [3.05, 3.63) is 47.0 Å². The summed E-state index contributed by atoms with van der Waals surface area (Å²) in [5, 5.41) is 0.796. The topological polar surface area (TPSA) is 31.9 Å². The second-order valence-corrected chi connectivity index (χ2v) is 4.42. The maximum atomic E-state index is 6.02. The molecule has 0 radical (unpaired) electrons. The molecule has 2 heterocycles. The van der Waals surface area contributed by atoms with E-state index < -0.39 is 0 Å². The molecule has 0 atom stereocenters. The number of imidazole rings is 1. The van der Waals surface area contributed by atoms with E-state index in [1.54, 1.807) is 6.20 Å². The summed E-state index contributed by atoms with van der Waals surface area (Å²) in [7, 11) is 0. The molecule has 0 saturated heterocycles. The predicted molar refractivity (Wildman–Crippen MR) is 64.8 cm³/mol. The van der Waals surface area contributed by atoms with Gasteiger partial charge in [0.2, 0.25) is 0 Å². The highest BCUT2D eigenvalue weighted by molar-refractivity contribution is 6.30. The van der Waals surface area contributed by atoms with Crippen molar-refractivity contribution in [2.45, 2.75) is 13.0 Å². The van der Waals surface area contributed by atoms with Gasteiger partial charge in [0, 0.05) is 29.6 Å². The molecule has 3 nitrogen and oxygen atoms in total. The van der Waals surface area contributed by atoms with E-state index in [0.29, 0.717) is 0 Å². The van der Waals surface area contributed by atoms with Gasteiger partial charge in [0.05, 0.1) is 6.54 Å². The number of hydrogen-bond acceptors (Lipinski definition) is 2. The van der Waals surface area contributed by atoms with Crippen LogP contribution in [0.3, 0.4) is 0 Å². The number of halogens is 1. The molecule has 0 aliphatic carbocycles. The second kappa shape index (κ2) is 3.83. The Morgan fingerprint density at radius 3 is 3.19 bits per heavy atom. The van der Waals surface area contributed by atoms with Gasteiger partial charge in [-0.3, -0.25) is 0 Å². The maximum Gasteiger partial charge on any atom is 0.125 e. The molecule has 82 valence electrons. The summed E-state index contributed by atoms with van der Waals surface area (Å²) in [5.41, 5.74) is 2.61. The molecule has 16 heavy (non-hydrogen) atoms. The lowest BCUT2D eigenvalue weighted by atomic mass is 10.2. The Labute approximate surface area is 99.1 Å². The lowest BCUT2D eigenvalue weighted by molar-refractivity contribution is 0.798. The first-order valence-electron chi connectivity index (χ1n) is 5.34. The summed E-state index contributed by atoms with van der Waals surface area (Å²) < 4.78 is 0. The van der Waals surface area contributed by atoms with Gasteiger partial charge < -0.3 is 9.88 Å². The van der Waals surface area contributed by atoms with Crippen molar-refractivity contribution in [1.29, 1.82) is 0 Å². The molecular weight excluding hydrogens is 222 g/mol. The molecule has 0 fully saturated rings. The van der Waals surface area contributed by atoms with Crippen LogP contribution in [-0.4, -0.2) is 16.5 Å². The van der Waals surface area contributed by atoms with Crippen LogP contribution < -0.4 is 4.90 Å². The molecule has 4 heteroatoms. The molecule has 1 aliphatic heterocycles. The number of anilines is 1. The van der Waals surface area contributed by atoms with Gasteiger partial charge in [-0.25, -0.2) is 4.98 Å². The number of aromatic amines is 1. The summed E-state index contributed by atoms with van der Waals surface area (Å²) in [6, 6.07) is 6.10. The Morgan fingerprint density at radius 1 is 1.44 bits per heavy atom. The quantitative estimate of drug-likeness (QED) is 0.865. The highest BCUT2D eigenvalue weighted by atomic mass is 35.5. The standard InChI is InChI=1S/C12H12ClN3/c13-10-2-1-9-3-6-16(11(9)7-10)8-12-14-4-5-15-12/h1-2,4-5,7H,3,6,8H2,(H,14,15). The first-order valence-corrected chi connectivity index (χ1v) is 5.72. The van der Waals surface area contributed by atoms with Gasteiger partial charge >= 0.3 is 0 Å². The largest absolute Gasteiger partial charge is 0.363 e. The molecule has 3 rings (SSSR count). The predicted octanol–water partition coefficient (Wildman–Crippen LogP) is 2.63. The van der Waals surface area contributed by atoms with Crippen LogP contribution in [0, 0.1) is 0 Å². The van der Waals surface area contributed by atoms with Crippen molar-refractivity contribution in [3.8, 4) is 0 Å². The molecule has 0 unspecified atom stereocenters. The minimum atomic E-state index is 0.796. The number of rotatable bonds is 2. The molecule has 0 saturated carbocycles. The first-order chi connectivity index (χ1) is 7.83. The van der Waals surface area contributed by atoms with E-state index in [4.69, 9.17) is 11.6 Å². The summed E-state index contributed by atoms with van der Waals surface area (Å²) in [6.07, 6.45) is 4.72.